The summed E-state index contributed by atoms with van der Waals surface area (Å²) in [5, 5.41) is 11.7. The fourth-order valence-electron chi connectivity index (χ4n) is 3.53. The van der Waals surface area contributed by atoms with Gasteiger partial charge in [0.1, 0.15) is 11.0 Å². The molecule has 0 spiro atoms. The number of amides is 1. The molecule has 1 aromatic heterocycles. The van der Waals surface area contributed by atoms with Crippen LogP contribution >= 0.6 is 0 Å². The van der Waals surface area contributed by atoms with E-state index in [2.05, 4.69) is 24.1 Å². The van der Waals surface area contributed by atoms with Crippen molar-refractivity contribution in [3.05, 3.63) is 88.7 Å². The van der Waals surface area contributed by atoms with Gasteiger partial charge < -0.3 is 5.32 Å². The SMILES string of the molecule is CCC.CCS(=O)(=O)c1ccc(CNC(=O)c2cnc3c(c2)CN(S(=O)c2ccc(C#N)cc2)C3)cc1. The summed E-state index contributed by atoms with van der Waals surface area (Å²) in [5.74, 6) is -0.264. The zero-order valence-electron chi connectivity index (χ0n) is 21.1. The van der Waals surface area contributed by atoms with E-state index >= 15 is 0 Å². The molecule has 10 heteroatoms. The summed E-state index contributed by atoms with van der Waals surface area (Å²) in [6.45, 7) is 6.88. The van der Waals surface area contributed by atoms with Crippen molar-refractivity contribution in [2.45, 2.75) is 56.6 Å². The van der Waals surface area contributed by atoms with Gasteiger partial charge in [-0.25, -0.2) is 16.9 Å². The predicted octanol–water partition coefficient (Wildman–Crippen LogP) is 4.13. The van der Waals surface area contributed by atoms with Crippen LogP contribution in [0, 0.1) is 11.3 Å². The van der Waals surface area contributed by atoms with Crippen molar-refractivity contribution in [2.75, 3.05) is 5.75 Å². The second kappa shape index (κ2) is 12.7. The molecule has 0 fully saturated rings. The Balaban J connectivity index is 0.00000121. The topological polar surface area (TPSA) is 120 Å². The van der Waals surface area contributed by atoms with E-state index in [1.165, 1.54) is 12.6 Å². The van der Waals surface area contributed by atoms with Crippen LogP contribution in [0.2, 0.25) is 0 Å². The zero-order chi connectivity index (χ0) is 27.0. The number of carbonyl (C=O) groups is 1. The molecule has 8 nitrogen and oxygen atoms in total. The number of sulfone groups is 1. The first-order valence-electron chi connectivity index (χ1n) is 12.0. The van der Waals surface area contributed by atoms with Crippen LogP contribution in [0.15, 0.2) is 70.6 Å². The molecule has 0 radical (unpaired) electrons. The molecule has 1 N–H and O–H groups in total. The Bertz CT molecular complexity index is 1410. The van der Waals surface area contributed by atoms with E-state index in [0.717, 1.165) is 16.8 Å². The third-order valence-corrected chi connectivity index (χ3v) is 8.68. The van der Waals surface area contributed by atoms with Gasteiger partial charge in [0.15, 0.2) is 9.84 Å². The van der Waals surface area contributed by atoms with Crippen LogP contribution in [-0.4, -0.2) is 33.6 Å². The summed E-state index contributed by atoms with van der Waals surface area (Å²) in [4.78, 5) is 17.9. The zero-order valence-corrected chi connectivity index (χ0v) is 22.7. The number of rotatable bonds is 7. The maximum absolute atomic E-state index is 12.9. The monoisotopic (exact) mass is 538 g/mol. The van der Waals surface area contributed by atoms with Crippen LogP contribution in [-0.2, 0) is 40.5 Å². The molecule has 0 saturated carbocycles. The van der Waals surface area contributed by atoms with Gasteiger partial charge in [-0.1, -0.05) is 39.3 Å². The molecule has 0 aliphatic carbocycles. The minimum Gasteiger partial charge on any atom is -0.348 e. The van der Waals surface area contributed by atoms with Crippen molar-refractivity contribution in [1.82, 2.24) is 14.6 Å². The normalized spacial score (nSPS) is 13.6. The molecule has 3 aromatic rings. The molecule has 0 saturated heterocycles. The van der Waals surface area contributed by atoms with Crippen molar-refractivity contribution >= 4 is 26.7 Å². The minimum atomic E-state index is -3.26. The van der Waals surface area contributed by atoms with E-state index in [9.17, 15) is 17.4 Å². The van der Waals surface area contributed by atoms with E-state index in [-0.39, 0.29) is 23.1 Å². The number of nitrogens with zero attached hydrogens (tertiary/aromatic N) is 3. The standard InChI is InChI=1S/C24H22N4O4S2.C3H8/c1-2-34(31,32)22-9-5-18(6-10-22)13-27-24(29)19-11-20-15-28(16-23(20)26-14-19)33(30)21-7-3-17(12-25)4-8-21;1-3-2/h3-11,14H,2,13,15-16H2,1H3,(H,27,29);3H2,1-2H3. The van der Waals surface area contributed by atoms with Gasteiger partial charge in [0.05, 0.1) is 45.0 Å². The maximum atomic E-state index is 12.9. The van der Waals surface area contributed by atoms with Gasteiger partial charge >= 0.3 is 0 Å². The third-order valence-electron chi connectivity index (χ3n) is 5.53. The molecule has 1 aliphatic rings. The molecule has 194 valence electrons. The summed E-state index contributed by atoms with van der Waals surface area (Å²) in [5.41, 5.74) is 3.29. The average molecular weight is 539 g/mol. The van der Waals surface area contributed by atoms with Gasteiger partial charge in [-0.05, 0) is 53.6 Å². The number of nitrogens with one attached hydrogen (secondary N) is 1. The smallest absolute Gasteiger partial charge is 0.253 e. The highest BCUT2D eigenvalue weighted by atomic mass is 32.2. The van der Waals surface area contributed by atoms with E-state index in [4.69, 9.17) is 5.26 Å². The fraction of sp³-hybridized carbons (Fsp3) is 0.296. The lowest BCUT2D eigenvalue weighted by molar-refractivity contribution is 0.0950. The first-order chi connectivity index (χ1) is 17.7. The van der Waals surface area contributed by atoms with Crippen LogP contribution in [0.25, 0.3) is 0 Å². The second-order valence-electron chi connectivity index (χ2n) is 8.45. The summed E-state index contributed by atoms with van der Waals surface area (Å²) >= 11 is 0. The van der Waals surface area contributed by atoms with Gasteiger partial charge in [0, 0.05) is 19.3 Å². The van der Waals surface area contributed by atoms with Gasteiger partial charge in [-0.15, -0.1) is 0 Å². The Labute approximate surface area is 220 Å². The van der Waals surface area contributed by atoms with Gasteiger partial charge in [0.25, 0.3) is 5.91 Å². The van der Waals surface area contributed by atoms with E-state index < -0.39 is 20.8 Å². The first kappa shape index (κ1) is 28.2. The van der Waals surface area contributed by atoms with Crippen molar-refractivity contribution < 1.29 is 17.4 Å². The van der Waals surface area contributed by atoms with Crippen LogP contribution in [0.3, 0.4) is 0 Å². The summed E-state index contributed by atoms with van der Waals surface area (Å²) in [6, 6.07) is 16.9. The quantitative estimate of drug-likeness (QED) is 0.483. The molecule has 2 aromatic carbocycles. The lowest BCUT2D eigenvalue weighted by Crippen LogP contribution is -2.23. The summed E-state index contributed by atoms with van der Waals surface area (Å²) in [7, 11) is -4.67. The summed E-state index contributed by atoms with van der Waals surface area (Å²) in [6.07, 6.45) is 2.75. The lowest BCUT2D eigenvalue weighted by atomic mass is 10.1. The number of hydrogen-bond donors (Lipinski definition) is 1. The largest absolute Gasteiger partial charge is 0.348 e. The van der Waals surface area contributed by atoms with E-state index in [1.54, 1.807) is 65.8 Å². The Morgan fingerprint density at radius 2 is 1.73 bits per heavy atom. The summed E-state index contributed by atoms with van der Waals surface area (Å²) < 4.78 is 38.5. The van der Waals surface area contributed by atoms with Crippen molar-refractivity contribution in [3.63, 3.8) is 0 Å². The maximum Gasteiger partial charge on any atom is 0.253 e. The van der Waals surface area contributed by atoms with Crippen LogP contribution < -0.4 is 5.32 Å². The van der Waals surface area contributed by atoms with Crippen LogP contribution in [0.1, 0.15) is 59.9 Å². The number of benzene rings is 2. The third kappa shape index (κ3) is 7.10. The van der Waals surface area contributed by atoms with E-state index in [1.807, 2.05) is 6.07 Å². The molecule has 1 atom stereocenters. The molecule has 4 rings (SSSR count). The minimum absolute atomic E-state index is 0.0346. The molecular weight excluding hydrogens is 508 g/mol. The number of carbonyl (C=O) groups excluding carboxylic acids is 1. The average Bonchev–Trinajstić information content (AvgIpc) is 3.35. The number of hydrogen-bond acceptors (Lipinski definition) is 6. The first-order valence-corrected chi connectivity index (χ1v) is 14.7. The van der Waals surface area contributed by atoms with Gasteiger partial charge in [-0.3, -0.25) is 9.78 Å². The molecule has 0 bridgehead atoms. The molecule has 1 unspecified atom stereocenters. The highest BCUT2D eigenvalue weighted by Gasteiger charge is 2.26. The Kier molecular flexibility index (Phi) is 9.69. The van der Waals surface area contributed by atoms with Crippen LogP contribution in [0.5, 0.6) is 0 Å². The van der Waals surface area contributed by atoms with Crippen molar-refractivity contribution in [3.8, 4) is 6.07 Å². The molecule has 2 heterocycles. The van der Waals surface area contributed by atoms with Gasteiger partial charge in [-0.2, -0.15) is 5.26 Å². The Morgan fingerprint density at radius 1 is 1.08 bits per heavy atom. The van der Waals surface area contributed by atoms with E-state index in [0.29, 0.717) is 29.1 Å². The number of aromatic nitrogens is 1. The van der Waals surface area contributed by atoms with Gasteiger partial charge in [0.2, 0.25) is 0 Å². The lowest BCUT2D eigenvalue weighted by Gasteiger charge is -2.13. The Morgan fingerprint density at radius 3 is 2.32 bits per heavy atom. The highest BCUT2D eigenvalue weighted by molar-refractivity contribution is 7.91. The fourth-order valence-corrected chi connectivity index (χ4v) is 5.58. The predicted molar refractivity (Wildman–Crippen MR) is 142 cm³/mol. The molecule has 1 aliphatic heterocycles. The highest BCUT2D eigenvalue weighted by Crippen LogP contribution is 2.26. The molecule has 37 heavy (non-hydrogen) atoms. The number of pyridine rings is 1. The Hall–Kier alpha value is -3.39. The number of fused-ring (bicyclic) bond motifs is 1. The van der Waals surface area contributed by atoms with Crippen molar-refractivity contribution in [1.29, 1.82) is 5.26 Å². The number of nitriles is 1. The second-order valence-corrected chi connectivity index (χ2v) is 12.2. The van der Waals surface area contributed by atoms with Crippen molar-refractivity contribution in [2.24, 2.45) is 0 Å². The molecule has 1 amide bonds. The van der Waals surface area contributed by atoms with Crippen LogP contribution in [0.4, 0.5) is 0 Å². The molecular formula is C27H30N4O4S2.